The molecular formula is C9H9ClN2O. The number of nitrogens with zero attached hydrogens (tertiary/aromatic N) is 1. The molecule has 0 aliphatic heterocycles. The first kappa shape index (κ1) is 8.53. The van der Waals surface area contributed by atoms with Gasteiger partial charge in [0.1, 0.15) is 5.52 Å². The zero-order valence-corrected chi connectivity index (χ0v) is 7.71. The summed E-state index contributed by atoms with van der Waals surface area (Å²) in [4.78, 5) is 4.24. The smallest absolute Gasteiger partial charge is 0.196 e. The molecule has 0 fully saturated rings. The summed E-state index contributed by atoms with van der Waals surface area (Å²) in [6, 6.07) is 5.38. The molecule has 68 valence electrons. The van der Waals surface area contributed by atoms with E-state index in [9.17, 15) is 0 Å². The van der Waals surface area contributed by atoms with E-state index in [1.807, 2.05) is 6.07 Å². The van der Waals surface area contributed by atoms with Crippen LogP contribution in [0.15, 0.2) is 22.6 Å². The largest absolute Gasteiger partial charge is 0.441 e. The maximum absolute atomic E-state index is 5.79. The Morgan fingerprint density at radius 3 is 3.08 bits per heavy atom. The van der Waals surface area contributed by atoms with Crippen molar-refractivity contribution in [2.24, 2.45) is 5.73 Å². The SMILES string of the molecule is NCCc1nc2ccc(Cl)cc2o1. The summed E-state index contributed by atoms with van der Waals surface area (Å²) in [5.41, 5.74) is 6.93. The van der Waals surface area contributed by atoms with Gasteiger partial charge in [-0.25, -0.2) is 4.98 Å². The highest BCUT2D eigenvalue weighted by molar-refractivity contribution is 6.31. The van der Waals surface area contributed by atoms with Crippen LogP contribution in [-0.4, -0.2) is 11.5 Å². The van der Waals surface area contributed by atoms with Crippen LogP contribution in [0.2, 0.25) is 5.02 Å². The van der Waals surface area contributed by atoms with Crippen LogP contribution in [-0.2, 0) is 6.42 Å². The fourth-order valence-corrected chi connectivity index (χ4v) is 1.34. The maximum Gasteiger partial charge on any atom is 0.196 e. The number of rotatable bonds is 2. The molecule has 3 nitrogen and oxygen atoms in total. The van der Waals surface area contributed by atoms with Gasteiger partial charge in [0.25, 0.3) is 0 Å². The van der Waals surface area contributed by atoms with Crippen LogP contribution < -0.4 is 5.73 Å². The number of nitrogens with two attached hydrogens (primary N) is 1. The Hall–Kier alpha value is -1.06. The van der Waals surface area contributed by atoms with Gasteiger partial charge in [-0.1, -0.05) is 11.6 Å². The summed E-state index contributed by atoms with van der Waals surface area (Å²) < 4.78 is 5.41. The molecule has 0 atom stereocenters. The van der Waals surface area contributed by atoms with Gasteiger partial charge in [0.15, 0.2) is 11.5 Å². The van der Waals surface area contributed by atoms with Crippen LogP contribution in [0, 0.1) is 0 Å². The van der Waals surface area contributed by atoms with E-state index in [0.717, 1.165) is 11.1 Å². The van der Waals surface area contributed by atoms with Crippen molar-refractivity contribution in [2.75, 3.05) is 6.54 Å². The lowest BCUT2D eigenvalue weighted by molar-refractivity contribution is 0.531. The Balaban J connectivity index is 2.49. The average Bonchev–Trinajstić information content (AvgIpc) is 2.46. The number of hydrogen-bond donors (Lipinski definition) is 1. The predicted octanol–water partition coefficient (Wildman–Crippen LogP) is 1.98. The molecule has 0 aliphatic rings. The van der Waals surface area contributed by atoms with E-state index in [1.165, 1.54) is 0 Å². The predicted molar refractivity (Wildman–Crippen MR) is 51.8 cm³/mol. The van der Waals surface area contributed by atoms with Gasteiger partial charge in [0.2, 0.25) is 0 Å². The molecule has 0 unspecified atom stereocenters. The van der Waals surface area contributed by atoms with Crippen LogP contribution in [0.25, 0.3) is 11.1 Å². The standard InChI is InChI=1S/C9H9ClN2O/c10-6-1-2-7-8(5-6)13-9(12-7)3-4-11/h1-2,5H,3-4,11H2. The zero-order valence-electron chi connectivity index (χ0n) is 6.96. The van der Waals surface area contributed by atoms with Crippen LogP contribution in [0.4, 0.5) is 0 Å². The normalized spacial score (nSPS) is 10.9. The van der Waals surface area contributed by atoms with Gasteiger partial charge in [-0.2, -0.15) is 0 Å². The highest BCUT2D eigenvalue weighted by Gasteiger charge is 2.04. The van der Waals surface area contributed by atoms with Crippen LogP contribution in [0.5, 0.6) is 0 Å². The second-order valence-corrected chi connectivity index (χ2v) is 3.19. The molecule has 2 aromatic rings. The Morgan fingerprint density at radius 2 is 2.31 bits per heavy atom. The maximum atomic E-state index is 5.79. The molecule has 0 bridgehead atoms. The molecule has 0 spiro atoms. The fourth-order valence-electron chi connectivity index (χ4n) is 1.18. The molecule has 1 heterocycles. The summed E-state index contributed by atoms with van der Waals surface area (Å²) in [5.74, 6) is 0.666. The van der Waals surface area contributed by atoms with E-state index in [4.69, 9.17) is 21.8 Å². The first-order chi connectivity index (χ1) is 6.29. The van der Waals surface area contributed by atoms with E-state index < -0.39 is 0 Å². The highest BCUT2D eigenvalue weighted by atomic mass is 35.5. The van der Waals surface area contributed by atoms with Gasteiger partial charge in [0.05, 0.1) is 0 Å². The summed E-state index contributed by atoms with van der Waals surface area (Å²) in [6.45, 7) is 0.542. The van der Waals surface area contributed by atoms with E-state index >= 15 is 0 Å². The fraction of sp³-hybridized carbons (Fsp3) is 0.222. The lowest BCUT2D eigenvalue weighted by Gasteiger charge is -1.86. The number of hydrogen-bond acceptors (Lipinski definition) is 3. The minimum atomic E-state index is 0.542. The van der Waals surface area contributed by atoms with Crippen molar-refractivity contribution in [1.29, 1.82) is 0 Å². The van der Waals surface area contributed by atoms with E-state index in [2.05, 4.69) is 4.98 Å². The molecule has 0 amide bonds. The van der Waals surface area contributed by atoms with Gasteiger partial charge in [-0.3, -0.25) is 0 Å². The first-order valence-electron chi connectivity index (χ1n) is 4.04. The number of benzene rings is 1. The third kappa shape index (κ3) is 1.66. The molecule has 2 N–H and O–H groups in total. The highest BCUT2D eigenvalue weighted by Crippen LogP contribution is 2.19. The van der Waals surface area contributed by atoms with E-state index in [-0.39, 0.29) is 0 Å². The first-order valence-corrected chi connectivity index (χ1v) is 4.42. The van der Waals surface area contributed by atoms with Crippen molar-refractivity contribution < 1.29 is 4.42 Å². The van der Waals surface area contributed by atoms with Gasteiger partial charge < -0.3 is 10.2 Å². The second kappa shape index (κ2) is 3.36. The quantitative estimate of drug-likeness (QED) is 0.799. The van der Waals surface area contributed by atoms with Crippen molar-refractivity contribution in [3.63, 3.8) is 0 Å². The summed E-state index contributed by atoms with van der Waals surface area (Å²) in [5, 5.41) is 0.656. The van der Waals surface area contributed by atoms with Crippen LogP contribution >= 0.6 is 11.6 Å². The van der Waals surface area contributed by atoms with Crippen LogP contribution in [0.1, 0.15) is 5.89 Å². The van der Waals surface area contributed by atoms with Gasteiger partial charge in [-0.15, -0.1) is 0 Å². The number of oxazole rings is 1. The number of halogens is 1. The van der Waals surface area contributed by atoms with E-state index in [1.54, 1.807) is 12.1 Å². The molecular weight excluding hydrogens is 188 g/mol. The zero-order chi connectivity index (χ0) is 9.26. The molecule has 0 radical (unpaired) electrons. The third-order valence-electron chi connectivity index (χ3n) is 1.75. The molecule has 13 heavy (non-hydrogen) atoms. The molecule has 1 aromatic heterocycles. The van der Waals surface area contributed by atoms with Crippen molar-refractivity contribution >= 4 is 22.7 Å². The Labute approximate surface area is 80.5 Å². The third-order valence-corrected chi connectivity index (χ3v) is 1.99. The second-order valence-electron chi connectivity index (χ2n) is 2.76. The minimum absolute atomic E-state index is 0.542. The van der Waals surface area contributed by atoms with Crippen molar-refractivity contribution in [3.8, 4) is 0 Å². The average molecular weight is 197 g/mol. The van der Waals surface area contributed by atoms with Crippen molar-refractivity contribution in [3.05, 3.63) is 29.1 Å². The minimum Gasteiger partial charge on any atom is -0.441 e. The summed E-state index contributed by atoms with van der Waals surface area (Å²) in [7, 11) is 0. The molecule has 0 aliphatic carbocycles. The van der Waals surface area contributed by atoms with Crippen molar-refractivity contribution in [1.82, 2.24) is 4.98 Å². The monoisotopic (exact) mass is 196 g/mol. The lowest BCUT2D eigenvalue weighted by atomic mass is 10.3. The molecule has 4 heteroatoms. The topological polar surface area (TPSA) is 52.0 Å². The molecule has 1 aromatic carbocycles. The molecule has 0 saturated heterocycles. The molecule has 0 saturated carbocycles. The summed E-state index contributed by atoms with van der Waals surface area (Å²) >= 11 is 5.79. The van der Waals surface area contributed by atoms with Gasteiger partial charge in [-0.05, 0) is 12.1 Å². The Kier molecular flexibility index (Phi) is 2.20. The Morgan fingerprint density at radius 1 is 1.46 bits per heavy atom. The Bertz CT molecular complexity index is 424. The summed E-state index contributed by atoms with van der Waals surface area (Å²) in [6.07, 6.45) is 0.659. The van der Waals surface area contributed by atoms with Crippen molar-refractivity contribution in [2.45, 2.75) is 6.42 Å². The number of fused-ring (bicyclic) bond motifs is 1. The van der Waals surface area contributed by atoms with Crippen LogP contribution in [0.3, 0.4) is 0 Å². The molecule has 2 rings (SSSR count). The number of aromatic nitrogens is 1. The van der Waals surface area contributed by atoms with E-state index in [0.29, 0.717) is 23.9 Å². The lowest BCUT2D eigenvalue weighted by Crippen LogP contribution is -2.02. The van der Waals surface area contributed by atoms with Gasteiger partial charge in [0, 0.05) is 24.1 Å². The van der Waals surface area contributed by atoms with Gasteiger partial charge >= 0.3 is 0 Å².